The molecule has 0 aliphatic carbocycles. The largest absolute Gasteiger partial charge is 0.324 e. The van der Waals surface area contributed by atoms with Crippen molar-refractivity contribution in [1.82, 2.24) is 4.98 Å². The molecule has 0 atom stereocenters. The van der Waals surface area contributed by atoms with Crippen molar-refractivity contribution in [3.05, 3.63) is 17.8 Å². The zero-order valence-corrected chi connectivity index (χ0v) is 8.15. The standard InChI is InChI=1S/C9H10N2OS/c1-6-2-3-7-9(10-6)13-5-4-8(12)11-7/h2-3H,4-5H2,1H3,(H,11,12). The molecule has 0 fully saturated rings. The van der Waals surface area contributed by atoms with Crippen LogP contribution >= 0.6 is 11.8 Å². The normalized spacial score (nSPS) is 15.9. The summed E-state index contributed by atoms with van der Waals surface area (Å²) in [4.78, 5) is 15.5. The van der Waals surface area contributed by atoms with Crippen LogP contribution in [0.5, 0.6) is 0 Å². The van der Waals surface area contributed by atoms with Crippen LogP contribution < -0.4 is 5.32 Å². The van der Waals surface area contributed by atoms with E-state index in [0.29, 0.717) is 6.42 Å². The highest BCUT2D eigenvalue weighted by atomic mass is 32.2. The van der Waals surface area contributed by atoms with E-state index in [2.05, 4.69) is 10.3 Å². The number of aryl methyl sites for hydroxylation is 1. The molecule has 1 N–H and O–H groups in total. The number of anilines is 1. The lowest BCUT2D eigenvalue weighted by Crippen LogP contribution is -2.10. The number of nitrogens with one attached hydrogen (secondary N) is 1. The topological polar surface area (TPSA) is 42.0 Å². The number of hydrogen-bond donors (Lipinski definition) is 1. The molecule has 0 unspecified atom stereocenters. The molecule has 4 heteroatoms. The number of nitrogens with zero attached hydrogens (tertiary/aromatic N) is 1. The Balaban J connectivity index is 2.40. The van der Waals surface area contributed by atoms with Gasteiger partial charge in [0.2, 0.25) is 5.91 Å². The molecular formula is C9H10N2OS. The maximum Gasteiger partial charge on any atom is 0.225 e. The molecule has 0 radical (unpaired) electrons. The highest BCUT2D eigenvalue weighted by molar-refractivity contribution is 7.99. The van der Waals surface area contributed by atoms with Gasteiger partial charge in [0.25, 0.3) is 0 Å². The molecule has 13 heavy (non-hydrogen) atoms. The Labute approximate surface area is 80.9 Å². The minimum Gasteiger partial charge on any atom is -0.324 e. The van der Waals surface area contributed by atoms with Crippen molar-refractivity contribution in [2.75, 3.05) is 11.1 Å². The highest BCUT2D eigenvalue weighted by Crippen LogP contribution is 2.28. The summed E-state index contributed by atoms with van der Waals surface area (Å²) in [6, 6.07) is 3.82. The second kappa shape index (κ2) is 3.38. The number of aromatic nitrogens is 1. The summed E-state index contributed by atoms with van der Waals surface area (Å²) < 4.78 is 0. The average molecular weight is 194 g/mol. The predicted octanol–water partition coefficient (Wildman–Crippen LogP) is 1.82. The van der Waals surface area contributed by atoms with Gasteiger partial charge >= 0.3 is 0 Å². The lowest BCUT2D eigenvalue weighted by atomic mass is 10.3. The molecule has 2 rings (SSSR count). The van der Waals surface area contributed by atoms with Gasteiger partial charge in [-0.05, 0) is 19.1 Å². The van der Waals surface area contributed by atoms with Crippen LogP contribution in [0.2, 0.25) is 0 Å². The van der Waals surface area contributed by atoms with E-state index in [9.17, 15) is 4.79 Å². The third-order valence-electron chi connectivity index (χ3n) is 1.84. The molecule has 2 heterocycles. The van der Waals surface area contributed by atoms with E-state index in [-0.39, 0.29) is 5.91 Å². The molecule has 3 nitrogen and oxygen atoms in total. The first-order chi connectivity index (χ1) is 6.25. The smallest absolute Gasteiger partial charge is 0.225 e. The van der Waals surface area contributed by atoms with Gasteiger partial charge in [0.1, 0.15) is 5.03 Å². The molecule has 0 saturated carbocycles. The maximum atomic E-state index is 11.2. The fraction of sp³-hybridized carbons (Fsp3) is 0.333. The van der Waals surface area contributed by atoms with E-state index in [4.69, 9.17) is 0 Å². The highest BCUT2D eigenvalue weighted by Gasteiger charge is 2.13. The van der Waals surface area contributed by atoms with Crippen LogP contribution in [-0.2, 0) is 4.79 Å². The van der Waals surface area contributed by atoms with Crippen LogP contribution in [0.4, 0.5) is 5.69 Å². The monoisotopic (exact) mass is 194 g/mol. The number of carbonyl (C=O) groups is 1. The van der Waals surface area contributed by atoms with Gasteiger partial charge < -0.3 is 5.32 Å². The number of amides is 1. The third kappa shape index (κ3) is 1.83. The molecule has 1 aliphatic rings. The number of thioether (sulfide) groups is 1. The van der Waals surface area contributed by atoms with Crippen LogP contribution in [-0.4, -0.2) is 16.6 Å². The van der Waals surface area contributed by atoms with Gasteiger partial charge in [-0.25, -0.2) is 4.98 Å². The summed E-state index contributed by atoms with van der Waals surface area (Å²) in [5.41, 5.74) is 1.83. The third-order valence-corrected chi connectivity index (χ3v) is 2.83. The Hall–Kier alpha value is -1.03. The van der Waals surface area contributed by atoms with E-state index in [1.165, 1.54) is 0 Å². The second-order valence-corrected chi connectivity index (χ2v) is 4.04. The molecule has 1 aliphatic heterocycles. The van der Waals surface area contributed by atoms with Crippen molar-refractivity contribution >= 4 is 23.4 Å². The van der Waals surface area contributed by atoms with Crippen molar-refractivity contribution in [2.24, 2.45) is 0 Å². The first-order valence-electron chi connectivity index (χ1n) is 4.16. The Kier molecular flexibility index (Phi) is 2.22. The summed E-state index contributed by atoms with van der Waals surface area (Å²) in [7, 11) is 0. The van der Waals surface area contributed by atoms with Gasteiger partial charge in [0, 0.05) is 17.9 Å². The molecule has 1 amide bonds. The number of rotatable bonds is 0. The van der Waals surface area contributed by atoms with E-state index >= 15 is 0 Å². The van der Waals surface area contributed by atoms with E-state index < -0.39 is 0 Å². The van der Waals surface area contributed by atoms with Crippen LogP contribution in [0, 0.1) is 6.92 Å². The molecule has 1 aromatic heterocycles. The van der Waals surface area contributed by atoms with Crippen molar-refractivity contribution in [1.29, 1.82) is 0 Å². The summed E-state index contributed by atoms with van der Waals surface area (Å²) in [5.74, 6) is 0.895. The fourth-order valence-corrected chi connectivity index (χ4v) is 2.16. The number of fused-ring (bicyclic) bond motifs is 1. The van der Waals surface area contributed by atoms with Gasteiger partial charge in [-0.2, -0.15) is 0 Å². The summed E-state index contributed by atoms with van der Waals surface area (Å²) >= 11 is 1.63. The van der Waals surface area contributed by atoms with Gasteiger partial charge in [0.05, 0.1) is 5.69 Å². The lowest BCUT2D eigenvalue weighted by Gasteiger charge is -2.04. The number of carbonyl (C=O) groups excluding carboxylic acids is 1. The first kappa shape index (κ1) is 8.56. The maximum absolute atomic E-state index is 11.2. The van der Waals surface area contributed by atoms with Gasteiger partial charge in [-0.1, -0.05) is 0 Å². The lowest BCUT2D eigenvalue weighted by molar-refractivity contribution is -0.115. The predicted molar refractivity (Wildman–Crippen MR) is 52.9 cm³/mol. The molecule has 0 saturated heterocycles. The van der Waals surface area contributed by atoms with Crippen LogP contribution in [0.3, 0.4) is 0 Å². The quantitative estimate of drug-likeness (QED) is 0.685. The SMILES string of the molecule is Cc1ccc2c(n1)SCCC(=O)N2. The first-order valence-corrected chi connectivity index (χ1v) is 5.14. The van der Waals surface area contributed by atoms with Crippen molar-refractivity contribution < 1.29 is 4.79 Å². The van der Waals surface area contributed by atoms with E-state index in [1.54, 1.807) is 11.8 Å². The number of pyridine rings is 1. The van der Waals surface area contributed by atoms with Crippen LogP contribution in [0.1, 0.15) is 12.1 Å². The van der Waals surface area contributed by atoms with E-state index in [1.807, 2.05) is 19.1 Å². The zero-order valence-electron chi connectivity index (χ0n) is 7.33. The molecule has 0 aromatic carbocycles. The second-order valence-electron chi connectivity index (χ2n) is 2.95. The van der Waals surface area contributed by atoms with Crippen LogP contribution in [0.25, 0.3) is 0 Å². The Bertz CT molecular complexity index is 351. The fourth-order valence-electron chi connectivity index (χ4n) is 1.19. The average Bonchev–Trinajstić information content (AvgIpc) is 2.25. The van der Waals surface area contributed by atoms with Crippen molar-refractivity contribution in [3.8, 4) is 0 Å². The van der Waals surface area contributed by atoms with Crippen LogP contribution in [0.15, 0.2) is 17.2 Å². The molecular weight excluding hydrogens is 184 g/mol. The summed E-state index contributed by atoms with van der Waals surface area (Å²) in [6.07, 6.45) is 0.570. The van der Waals surface area contributed by atoms with Gasteiger partial charge in [-0.15, -0.1) is 11.8 Å². The minimum absolute atomic E-state index is 0.0805. The summed E-state index contributed by atoms with van der Waals surface area (Å²) in [6.45, 7) is 1.95. The zero-order chi connectivity index (χ0) is 9.26. The van der Waals surface area contributed by atoms with Gasteiger partial charge in [0.15, 0.2) is 0 Å². The van der Waals surface area contributed by atoms with Gasteiger partial charge in [-0.3, -0.25) is 4.79 Å². The minimum atomic E-state index is 0.0805. The molecule has 0 spiro atoms. The van der Waals surface area contributed by atoms with E-state index in [0.717, 1.165) is 22.2 Å². The number of hydrogen-bond acceptors (Lipinski definition) is 3. The summed E-state index contributed by atoms with van der Waals surface area (Å²) in [5, 5.41) is 3.76. The molecule has 0 bridgehead atoms. The Morgan fingerprint density at radius 3 is 3.23 bits per heavy atom. The Morgan fingerprint density at radius 1 is 1.54 bits per heavy atom. The van der Waals surface area contributed by atoms with Crippen molar-refractivity contribution in [3.63, 3.8) is 0 Å². The molecule has 68 valence electrons. The molecule has 1 aromatic rings. The Morgan fingerprint density at radius 2 is 2.38 bits per heavy atom. The van der Waals surface area contributed by atoms with Crippen molar-refractivity contribution in [2.45, 2.75) is 18.4 Å².